The molecule has 2 aromatic carbocycles. The van der Waals surface area contributed by atoms with Crippen molar-refractivity contribution in [1.29, 1.82) is 0 Å². The lowest BCUT2D eigenvalue weighted by Gasteiger charge is -1.97. The van der Waals surface area contributed by atoms with Crippen molar-refractivity contribution in [3.63, 3.8) is 0 Å². The molecule has 3 heteroatoms. The van der Waals surface area contributed by atoms with Crippen LogP contribution in [0.1, 0.15) is 0 Å². The largest absolute Gasteiger partial charge is 0.464 e. The highest BCUT2D eigenvalue weighted by Crippen LogP contribution is 2.29. The van der Waals surface area contributed by atoms with Gasteiger partial charge in [-0.1, -0.05) is 36.4 Å². The fourth-order valence-corrected chi connectivity index (χ4v) is 2.40. The van der Waals surface area contributed by atoms with Crippen molar-refractivity contribution in [2.45, 2.75) is 0 Å². The number of nitrogens with one attached hydrogen (secondary N) is 1. The van der Waals surface area contributed by atoms with E-state index in [0.29, 0.717) is 0 Å². The van der Waals surface area contributed by atoms with E-state index >= 15 is 0 Å². The maximum Gasteiger partial charge on any atom is 0.138 e. The molecule has 0 bridgehead atoms. The number of H-pyrrole nitrogens is 1. The van der Waals surface area contributed by atoms with Gasteiger partial charge in [-0.05, 0) is 24.3 Å². The first-order chi connectivity index (χ1) is 9.92. The maximum absolute atomic E-state index is 5.49. The Hall–Kier alpha value is -2.81. The number of nitrogens with zero attached hydrogens (tertiary/aromatic N) is 1. The van der Waals surface area contributed by atoms with Crippen LogP contribution in [-0.4, -0.2) is 9.97 Å². The lowest BCUT2D eigenvalue weighted by molar-refractivity contribution is 0.583. The molecule has 0 saturated heterocycles. The second-order valence-corrected chi connectivity index (χ2v) is 4.63. The predicted molar refractivity (Wildman–Crippen MR) is 79.2 cm³/mol. The number of aromatic nitrogens is 2. The number of hydrogen-bond donors (Lipinski definition) is 1. The topological polar surface area (TPSA) is 41.8 Å². The van der Waals surface area contributed by atoms with E-state index in [4.69, 9.17) is 9.40 Å². The summed E-state index contributed by atoms with van der Waals surface area (Å²) in [5.41, 5.74) is 4.03. The molecule has 0 unspecified atom stereocenters. The van der Waals surface area contributed by atoms with Crippen LogP contribution in [0.4, 0.5) is 0 Å². The third kappa shape index (κ3) is 1.72. The number of fused-ring (bicyclic) bond motifs is 1. The molecule has 1 N–H and O–H groups in total. The van der Waals surface area contributed by atoms with Crippen molar-refractivity contribution < 1.29 is 4.42 Å². The Kier molecular flexibility index (Phi) is 2.42. The van der Waals surface area contributed by atoms with Crippen LogP contribution in [-0.2, 0) is 0 Å². The molecule has 0 aliphatic heterocycles. The predicted octanol–water partition coefficient (Wildman–Crippen LogP) is 4.49. The van der Waals surface area contributed by atoms with E-state index in [1.54, 1.807) is 6.26 Å². The second-order valence-electron chi connectivity index (χ2n) is 4.63. The highest BCUT2D eigenvalue weighted by atomic mass is 16.3. The van der Waals surface area contributed by atoms with Gasteiger partial charge in [0.15, 0.2) is 0 Å². The standard InChI is InChI=1S/C17H12N2O/c1-2-6-12(7-3-1)17-18-14-9-4-8-13(16(14)19-17)15-10-5-11-20-15/h1-11H,(H,18,19). The Labute approximate surface area is 115 Å². The maximum atomic E-state index is 5.49. The molecular weight excluding hydrogens is 248 g/mol. The summed E-state index contributed by atoms with van der Waals surface area (Å²) in [6.07, 6.45) is 1.68. The molecule has 2 aromatic heterocycles. The van der Waals surface area contributed by atoms with Crippen molar-refractivity contribution >= 4 is 11.0 Å². The molecule has 3 nitrogen and oxygen atoms in total. The van der Waals surface area contributed by atoms with Crippen LogP contribution in [0.5, 0.6) is 0 Å². The number of rotatable bonds is 2. The highest BCUT2D eigenvalue weighted by molar-refractivity contribution is 5.92. The van der Waals surface area contributed by atoms with E-state index in [1.165, 1.54) is 0 Å². The van der Waals surface area contributed by atoms with Crippen molar-refractivity contribution in [1.82, 2.24) is 9.97 Å². The van der Waals surface area contributed by atoms with E-state index in [2.05, 4.69) is 4.98 Å². The summed E-state index contributed by atoms with van der Waals surface area (Å²) in [5.74, 6) is 1.71. The molecule has 0 spiro atoms. The van der Waals surface area contributed by atoms with Gasteiger partial charge < -0.3 is 9.40 Å². The average molecular weight is 260 g/mol. The summed E-state index contributed by atoms with van der Waals surface area (Å²) in [7, 11) is 0. The van der Waals surface area contributed by atoms with Crippen molar-refractivity contribution in [2.24, 2.45) is 0 Å². The number of imidazole rings is 1. The van der Waals surface area contributed by atoms with E-state index in [1.807, 2.05) is 60.7 Å². The van der Waals surface area contributed by atoms with Crippen LogP contribution in [0.15, 0.2) is 71.3 Å². The van der Waals surface area contributed by atoms with Gasteiger partial charge in [0.1, 0.15) is 11.6 Å². The molecule has 4 rings (SSSR count). The molecule has 0 aliphatic carbocycles. The van der Waals surface area contributed by atoms with Gasteiger partial charge in [-0.2, -0.15) is 0 Å². The van der Waals surface area contributed by atoms with Gasteiger partial charge in [0, 0.05) is 11.1 Å². The minimum atomic E-state index is 0.835. The van der Waals surface area contributed by atoms with Crippen LogP contribution in [0.2, 0.25) is 0 Å². The first-order valence-electron chi connectivity index (χ1n) is 6.50. The van der Waals surface area contributed by atoms with Gasteiger partial charge in [0.05, 0.1) is 17.3 Å². The van der Waals surface area contributed by atoms with Crippen molar-refractivity contribution in [3.05, 3.63) is 66.9 Å². The van der Waals surface area contributed by atoms with Gasteiger partial charge in [0.2, 0.25) is 0 Å². The van der Waals surface area contributed by atoms with E-state index < -0.39 is 0 Å². The molecule has 96 valence electrons. The van der Waals surface area contributed by atoms with E-state index in [-0.39, 0.29) is 0 Å². The Morgan fingerprint density at radius 2 is 1.75 bits per heavy atom. The minimum Gasteiger partial charge on any atom is -0.464 e. The van der Waals surface area contributed by atoms with E-state index in [0.717, 1.165) is 33.7 Å². The van der Waals surface area contributed by atoms with E-state index in [9.17, 15) is 0 Å². The number of hydrogen-bond acceptors (Lipinski definition) is 2. The monoisotopic (exact) mass is 260 g/mol. The molecule has 0 fully saturated rings. The quantitative estimate of drug-likeness (QED) is 0.577. The molecule has 0 radical (unpaired) electrons. The molecule has 0 saturated carbocycles. The van der Waals surface area contributed by atoms with Crippen LogP contribution in [0.3, 0.4) is 0 Å². The fourth-order valence-electron chi connectivity index (χ4n) is 2.40. The van der Waals surface area contributed by atoms with Crippen LogP contribution < -0.4 is 0 Å². The van der Waals surface area contributed by atoms with Crippen LogP contribution >= 0.6 is 0 Å². The zero-order chi connectivity index (χ0) is 13.4. The number of furan rings is 1. The SMILES string of the molecule is c1ccc(-c2nc3c(-c4ccco4)cccc3[nH]2)cc1. The minimum absolute atomic E-state index is 0.835. The Morgan fingerprint density at radius 3 is 2.55 bits per heavy atom. The fraction of sp³-hybridized carbons (Fsp3) is 0. The summed E-state index contributed by atoms with van der Waals surface area (Å²) in [4.78, 5) is 8.08. The summed E-state index contributed by atoms with van der Waals surface area (Å²) >= 11 is 0. The van der Waals surface area contributed by atoms with Crippen LogP contribution in [0, 0.1) is 0 Å². The third-order valence-electron chi connectivity index (χ3n) is 3.35. The highest BCUT2D eigenvalue weighted by Gasteiger charge is 2.11. The molecule has 0 aliphatic rings. The lowest BCUT2D eigenvalue weighted by Crippen LogP contribution is -1.79. The zero-order valence-electron chi connectivity index (χ0n) is 10.7. The molecule has 20 heavy (non-hydrogen) atoms. The molecule has 0 atom stereocenters. The smallest absolute Gasteiger partial charge is 0.138 e. The van der Waals surface area contributed by atoms with Gasteiger partial charge in [-0.25, -0.2) is 4.98 Å². The third-order valence-corrected chi connectivity index (χ3v) is 3.35. The Balaban J connectivity index is 1.94. The lowest BCUT2D eigenvalue weighted by atomic mass is 10.1. The van der Waals surface area contributed by atoms with Gasteiger partial charge in [-0.15, -0.1) is 0 Å². The van der Waals surface area contributed by atoms with Gasteiger partial charge in [-0.3, -0.25) is 0 Å². The number of para-hydroxylation sites is 1. The van der Waals surface area contributed by atoms with Crippen molar-refractivity contribution in [3.8, 4) is 22.7 Å². The molecule has 0 amide bonds. The first-order valence-corrected chi connectivity index (χ1v) is 6.50. The number of benzene rings is 2. The molecular formula is C17H12N2O. The Bertz CT molecular complexity index is 845. The second kappa shape index (κ2) is 4.38. The normalized spacial score (nSPS) is 11.0. The molecule has 4 aromatic rings. The molecule has 2 heterocycles. The number of aromatic amines is 1. The summed E-state index contributed by atoms with van der Waals surface area (Å²) in [6, 6.07) is 20.0. The van der Waals surface area contributed by atoms with Gasteiger partial charge in [0.25, 0.3) is 0 Å². The Morgan fingerprint density at radius 1 is 0.850 bits per heavy atom. The van der Waals surface area contributed by atoms with Crippen molar-refractivity contribution in [2.75, 3.05) is 0 Å². The summed E-state index contributed by atoms with van der Waals surface area (Å²) < 4.78 is 5.49. The zero-order valence-corrected chi connectivity index (χ0v) is 10.7. The summed E-state index contributed by atoms with van der Waals surface area (Å²) in [5, 5.41) is 0. The van der Waals surface area contributed by atoms with Gasteiger partial charge >= 0.3 is 0 Å². The van der Waals surface area contributed by atoms with Crippen LogP contribution in [0.25, 0.3) is 33.7 Å². The first kappa shape index (κ1) is 11.1. The summed E-state index contributed by atoms with van der Waals surface area (Å²) in [6.45, 7) is 0. The average Bonchev–Trinajstić information content (AvgIpc) is 3.17.